The highest BCUT2D eigenvalue weighted by Gasteiger charge is 2.10. The Morgan fingerprint density at radius 1 is 1.50 bits per heavy atom. The zero-order valence-electron chi connectivity index (χ0n) is 6.79. The van der Waals surface area contributed by atoms with E-state index in [2.05, 4.69) is 4.18 Å². The first kappa shape index (κ1) is 12.5. The van der Waals surface area contributed by atoms with Crippen molar-refractivity contribution in [3.63, 3.8) is 0 Å². The van der Waals surface area contributed by atoms with Gasteiger partial charge in [-0.05, 0) is 6.42 Å². The molecule has 74 valence electrons. The lowest BCUT2D eigenvalue weighted by molar-refractivity contribution is 0.319. The van der Waals surface area contributed by atoms with Crippen molar-refractivity contribution in [1.82, 2.24) is 0 Å². The molecule has 0 heterocycles. The van der Waals surface area contributed by atoms with Crippen molar-refractivity contribution in [2.75, 3.05) is 6.61 Å². The number of unbranched alkanes of at least 4 members (excludes halogenated alkanes) is 1. The van der Waals surface area contributed by atoms with Crippen LogP contribution < -0.4 is 0 Å². The first-order valence-electron chi connectivity index (χ1n) is 3.68. The highest BCUT2D eigenvalue weighted by molar-refractivity contribution is 8.09. The molecule has 1 unspecified atom stereocenters. The molecule has 3 nitrogen and oxygen atoms in total. The van der Waals surface area contributed by atoms with E-state index in [1.807, 2.05) is 6.92 Å². The van der Waals surface area contributed by atoms with E-state index in [4.69, 9.17) is 22.3 Å². The molecule has 0 aliphatic heterocycles. The quantitative estimate of drug-likeness (QED) is 0.524. The molecule has 0 saturated heterocycles. The molecule has 1 atom stereocenters. The molecule has 0 rings (SSSR count). The van der Waals surface area contributed by atoms with Crippen molar-refractivity contribution in [1.29, 1.82) is 0 Å². The normalized spacial score (nSPS) is 14.6. The van der Waals surface area contributed by atoms with Crippen LogP contribution in [0.25, 0.3) is 0 Å². The third-order valence-corrected chi connectivity index (χ3v) is 2.29. The second-order valence-corrected chi connectivity index (χ2v) is 5.19. The Hall–Kier alpha value is 0.490. The van der Waals surface area contributed by atoms with Crippen LogP contribution in [-0.2, 0) is 13.5 Å². The van der Waals surface area contributed by atoms with Crippen LogP contribution in [0.2, 0.25) is 0 Å². The van der Waals surface area contributed by atoms with E-state index in [1.165, 1.54) is 0 Å². The van der Waals surface area contributed by atoms with Gasteiger partial charge in [-0.2, -0.15) is 8.42 Å². The van der Waals surface area contributed by atoms with Crippen LogP contribution in [0.15, 0.2) is 0 Å². The molecule has 0 spiro atoms. The minimum absolute atomic E-state index is 0.0482. The number of hydrogen-bond donors (Lipinski definition) is 0. The van der Waals surface area contributed by atoms with E-state index < -0.39 is 9.33 Å². The molecule has 0 aliphatic carbocycles. The number of rotatable bonds is 6. The molecule has 0 fully saturated rings. The van der Waals surface area contributed by atoms with Crippen LogP contribution in [0, 0.1) is 0 Å². The molecule has 0 bridgehead atoms. The summed E-state index contributed by atoms with van der Waals surface area (Å²) < 4.78 is 24.9. The van der Waals surface area contributed by atoms with Crippen LogP contribution in [-0.4, -0.2) is 20.4 Å². The van der Waals surface area contributed by atoms with Crippen LogP contribution in [0.4, 0.5) is 0 Å². The minimum atomic E-state index is -3.86. The fourth-order valence-electron chi connectivity index (χ4n) is 0.664. The molecule has 0 radical (unpaired) electrons. The molecule has 0 N–H and O–H groups in total. The summed E-state index contributed by atoms with van der Waals surface area (Å²) in [7, 11) is 0.946. The maximum absolute atomic E-state index is 10.3. The first-order chi connectivity index (χ1) is 5.45. The number of hydrogen-bond acceptors (Lipinski definition) is 3. The van der Waals surface area contributed by atoms with Crippen LogP contribution in [0.3, 0.4) is 0 Å². The minimum Gasteiger partial charge on any atom is -0.256 e. The topological polar surface area (TPSA) is 43.4 Å². The van der Waals surface area contributed by atoms with Gasteiger partial charge in [0, 0.05) is 10.7 Å². The lowest BCUT2D eigenvalue weighted by atomic mass is 10.2. The van der Waals surface area contributed by atoms with E-state index in [9.17, 15) is 8.42 Å². The average molecular weight is 235 g/mol. The monoisotopic (exact) mass is 234 g/mol. The smallest absolute Gasteiger partial charge is 0.256 e. The lowest BCUT2D eigenvalue weighted by Gasteiger charge is -2.06. The second kappa shape index (κ2) is 6.02. The van der Waals surface area contributed by atoms with Crippen molar-refractivity contribution in [3.05, 3.63) is 0 Å². The summed E-state index contributed by atoms with van der Waals surface area (Å²) >= 11 is 5.72. The maximum Gasteiger partial charge on any atom is 0.355 e. The molecule has 6 heteroatoms. The number of halogens is 2. The maximum atomic E-state index is 10.3. The highest BCUT2D eigenvalue weighted by atomic mass is 35.7. The summed E-state index contributed by atoms with van der Waals surface area (Å²) in [4.78, 5) is 0. The van der Waals surface area contributed by atoms with Crippen molar-refractivity contribution >= 4 is 31.6 Å². The van der Waals surface area contributed by atoms with Gasteiger partial charge in [-0.25, -0.2) is 0 Å². The molecular weight excluding hydrogens is 223 g/mol. The van der Waals surface area contributed by atoms with E-state index in [1.54, 1.807) is 0 Å². The Morgan fingerprint density at radius 2 is 2.08 bits per heavy atom. The number of alkyl halides is 1. The van der Waals surface area contributed by atoms with E-state index >= 15 is 0 Å². The van der Waals surface area contributed by atoms with E-state index in [0.717, 1.165) is 19.3 Å². The van der Waals surface area contributed by atoms with Gasteiger partial charge in [0.2, 0.25) is 0 Å². The Balaban J connectivity index is 3.51. The first-order valence-corrected chi connectivity index (χ1v) is 6.36. The molecule has 0 saturated carbocycles. The fourth-order valence-corrected chi connectivity index (χ4v) is 1.44. The highest BCUT2D eigenvalue weighted by Crippen LogP contribution is 2.10. The van der Waals surface area contributed by atoms with Crippen molar-refractivity contribution in [2.45, 2.75) is 31.6 Å². The third kappa shape index (κ3) is 8.59. The summed E-state index contributed by atoms with van der Waals surface area (Å²) in [6.45, 7) is 1.98. The molecule has 0 aromatic rings. The van der Waals surface area contributed by atoms with Crippen molar-refractivity contribution in [2.24, 2.45) is 0 Å². The van der Waals surface area contributed by atoms with Gasteiger partial charge >= 0.3 is 9.33 Å². The Kier molecular flexibility index (Phi) is 6.27. The summed E-state index contributed by atoms with van der Waals surface area (Å²) in [5, 5.41) is -0.279. The molecule has 0 aliphatic rings. The Morgan fingerprint density at radius 3 is 2.50 bits per heavy atom. The van der Waals surface area contributed by atoms with Crippen molar-refractivity contribution in [3.8, 4) is 0 Å². The lowest BCUT2D eigenvalue weighted by Crippen LogP contribution is -2.10. The van der Waals surface area contributed by atoms with Gasteiger partial charge in [0.15, 0.2) is 0 Å². The van der Waals surface area contributed by atoms with Crippen LogP contribution in [0.5, 0.6) is 0 Å². The summed E-state index contributed by atoms with van der Waals surface area (Å²) in [5.41, 5.74) is 0. The van der Waals surface area contributed by atoms with Gasteiger partial charge in [0.05, 0.1) is 12.0 Å². The van der Waals surface area contributed by atoms with Crippen molar-refractivity contribution < 1.29 is 12.6 Å². The van der Waals surface area contributed by atoms with E-state index in [0.29, 0.717) is 0 Å². The van der Waals surface area contributed by atoms with Crippen LogP contribution >= 0.6 is 22.3 Å². The second-order valence-electron chi connectivity index (χ2n) is 2.42. The predicted molar refractivity (Wildman–Crippen MR) is 49.9 cm³/mol. The van der Waals surface area contributed by atoms with Crippen LogP contribution in [0.1, 0.15) is 26.2 Å². The zero-order chi connectivity index (χ0) is 9.61. The summed E-state index contributed by atoms with van der Waals surface area (Å²) in [6.07, 6.45) is 2.72. The van der Waals surface area contributed by atoms with E-state index in [-0.39, 0.29) is 12.0 Å². The third-order valence-electron chi connectivity index (χ3n) is 1.26. The SMILES string of the molecule is CCCCC(Cl)COS(=O)(=O)Cl. The molecule has 12 heavy (non-hydrogen) atoms. The van der Waals surface area contributed by atoms with Gasteiger partial charge in [-0.3, -0.25) is 4.18 Å². The van der Waals surface area contributed by atoms with Gasteiger partial charge in [-0.1, -0.05) is 19.8 Å². The standard InChI is InChI=1S/C6H12Cl2O3S/c1-2-3-4-6(7)5-11-12(8,9)10/h6H,2-5H2,1H3. The summed E-state index contributed by atoms with van der Waals surface area (Å²) in [5.74, 6) is 0. The molecule has 0 amide bonds. The Bertz CT molecular complexity index is 203. The molecular formula is C6H12Cl2O3S. The average Bonchev–Trinajstić information content (AvgIpc) is 1.95. The molecule has 0 aromatic heterocycles. The van der Waals surface area contributed by atoms with Gasteiger partial charge < -0.3 is 0 Å². The molecule has 0 aromatic carbocycles. The fraction of sp³-hybridized carbons (Fsp3) is 1.00. The predicted octanol–water partition coefficient (Wildman–Crippen LogP) is 2.28. The van der Waals surface area contributed by atoms with Gasteiger partial charge in [0.25, 0.3) is 0 Å². The Labute approximate surface area is 82.6 Å². The summed E-state index contributed by atoms with van der Waals surface area (Å²) in [6, 6.07) is 0. The van der Waals surface area contributed by atoms with Gasteiger partial charge in [0.1, 0.15) is 0 Å². The zero-order valence-corrected chi connectivity index (χ0v) is 9.12. The largest absolute Gasteiger partial charge is 0.355 e. The van der Waals surface area contributed by atoms with Gasteiger partial charge in [-0.15, -0.1) is 11.6 Å².